The van der Waals surface area contributed by atoms with Gasteiger partial charge in [0, 0.05) is 38.5 Å². The van der Waals surface area contributed by atoms with Crippen molar-refractivity contribution in [2.45, 2.75) is 0 Å². The molecule has 0 unspecified atom stereocenters. The van der Waals surface area contributed by atoms with Gasteiger partial charge in [0.05, 0.1) is 11.0 Å². The molecule has 0 bridgehead atoms. The van der Waals surface area contributed by atoms with E-state index in [2.05, 4.69) is 205 Å². The third-order valence-corrected chi connectivity index (χ3v) is 12.0. The van der Waals surface area contributed by atoms with Gasteiger partial charge < -0.3 is 4.57 Å². The zero-order valence-electron chi connectivity index (χ0n) is 33.1. The fraction of sp³-hybridized carbons (Fsp3) is 0. The highest BCUT2D eigenvalue weighted by molar-refractivity contribution is 6.20. The third-order valence-electron chi connectivity index (χ3n) is 12.0. The van der Waals surface area contributed by atoms with Gasteiger partial charge in [-0.3, -0.25) is 0 Å². The summed E-state index contributed by atoms with van der Waals surface area (Å²) in [6, 6.07) is 77.7. The molecular formula is C57H36N4. The van der Waals surface area contributed by atoms with E-state index in [1.165, 1.54) is 54.5 Å². The molecule has 2 heterocycles. The van der Waals surface area contributed by atoms with Crippen LogP contribution in [0.4, 0.5) is 0 Å². The molecule has 0 atom stereocenters. The van der Waals surface area contributed by atoms with Gasteiger partial charge in [0.2, 0.25) is 0 Å². The summed E-state index contributed by atoms with van der Waals surface area (Å²) < 4.78 is 2.45. The molecule has 0 aliphatic heterocycles. The Kier molecular flexibility index (Phi) is 8.13. The standard InChI is InChI=1S/C57H36N4/c1-3-14-37(15-4-1)42-26-27-44-33-46(29-28-43(44)32-42)56-58-55(39-17-5-2-6-18-39)59-57(60-56)51-25-12-11-23-48(51)45-21-13-22-47(34-45)61-53-36-41-20-8-7-19-40(41)35-52(53)50-31-30-38-16-9-10-24-49(38)54(50)61/h1-36H. The van der Waals surface area contributed by atoms with Crippen molar-refractivity contribution in [1.82, 2.24) is 19.5 Å². The van der Waals surface area contributed by atoms with Gasteiger partial charge in [0.15, 0.2) is 17.5 Å². The second kappa shape index (κ2) is 14.3. The van der Waals surface area contributed by atoms with Crippen molar-refractivity contribution in [3.63, 3.8) is 0 Å². The van der Waals surface area contributed by atoms with Crippen LogP contribution in [-0.2, 0) is 0 Å². The maximum absolute atomic E-state index is 5.25. The average molecular weight is 777 g/mol. The van der Waals surface area contributed by atoms with Crippen LogP contribution in [0.15, 0.2) is 218 Å². The molecule has 0 saturated carbocycles. The Hall–Kier alpha value is -8.21. The van der Waals surface area contributed by atoms with Gasteiger partial charge in [-0.15, -0.1) is 0 Å². The van der Waals surface area contributed by atoms with E-state index in [1.54, 1.807) is 0 Å². The van der Waals surface area contributed by atoms with Gasteiger partial charge in [-0.2, -0.15) is 0 Å². The summed E-state index contributed by atoms with van der Waals surface area (Å²) in [5.41, 5.74) is 10.8. The first-order valence-electron chi connectivity index (χ1n) is 20.7. The van der Waals surface area contributed by atoms with Crippen LogP contribution in [0, 0.1) is 0 Å². The Morgan fingerprint density at radius 3 is 1.62 bits per heavy atom. The van der Waals surface area contributed by atoms with E-state index < -0.39 is 0 Å². The van der Waals surface area contributed by atoms with Crippen LogP contribution in [-0.4, -0.2) is 19.5 Å². The molecule has 0 N–H and O–H groups in total. The largest absolute Gasteiger partial charge is 0.309 e. The lowest BCUT2D eigenvalue weighted by molar-refractivity contribution is 1.07. The summed E-state index contributed by atoms with van der Waals surface area (Å²) in [7, 11) is 0. The van der Waals surface area contributed by atoms with Crippen LogP contribution in [0.1, 0.15) is 0 Å². The number of hydrogen-bond acceptors (Lipinski definition) is 3. The highest BCUT2D eigenvalue weighted by Crippen LogP contribution is 2.40. The predicted octanol–water partition coefficient (Wildman–Crippen LogP) is 14.8. The first-order chi connectivity index (χ1) is 30.2. The average Bonchev–Trinajstić information content (AvgIpc) is 3.67. The van der Waals surface area contributed by atoms with Crippen LogP contribution >= 0.6 is 0 Å². The molecular weight excluding hydrogens is 741 g/mol. The summed E-state index contributed by atoms with van der Waals surface area (Å²) in [6.45, 7) is 0. The molecule has 12 aromatic rings. The molecule has 0 fully saturated rings. The van der Waals surface area contributed by atoms with Crippen molar-refractivity contribution in [3.05, 3.63) is 218 Å². The lowest BCUT2D eigenvalue weighted by atomic mass is 9.98. The topological polar surface area (TPSA) is 43.6 Å². The summed E-state index contributed by atoms with van der Waals surface area (Å²) in [6.07, 6.45) is 0. The molecule has 61 heavy (non-hydrogen) atoms. The Morgan fingerprint density at radius 2 is 0.836 bits per heavy atom. The molecule has 284 valence electrons. The lowest BCUT2D eigenvalue weighted by Gasteiger charge is -2.15. The van der Waals surface area contributed by atoms with Crippen LogP contribution in [0.5, 0.6) is 0 Å². The number of nitrogens with zero attached hydrogens (tertiary/aromatic N) is 4. The van der Waals surface area contributed by atoms with Crippen molar-refractivity contribution in [1.29, 1.82) is 0 Å². The van der Waals surface area contributed by atoms with Crippen LogP contribution in [0.25, 0.3) is 116 Å². The Labute approximate surface area is 352 Å². The van der Waals surface area contributed by atoms with E-state index in [1.807, 2.05) is 18.2 Å². The van der Waals surface area contributed by atoms with Gasteiger partial charge in [0.25, 0.3) is 0 Å². The van der Waals surface area contributed by atoms with Gasteiger partial charge in [0.1, 0.15) is 0 Å². The van der Waals surface area contributed by atoms with Gasteiger partial charge in [-0.05, 0) is 85.6 Å². The van der Waals surface area contributed by atoms with Gasteiger partial charge in [-0.25, -0.2) is 15.0 Å². The second-order valence-corrected chi connectivity index (χ2v) is 15.6. The molecule has 2 aromatic heterocycles. The Balaban J connectivity index is 1.02. The minimum atomic E-state index is 0.624. The number of hydrogen-bond donors (Lipinski definition) is 0. The minimum Gasteiger partial charge on any atom is -0.309 e. The van der Waals surface area contributed by atoms with Crippen molar-refractivity contribution in [2.75, 3.05) is 0 Å². The SMILES string of the molecule is c1ccc(-c2ccc3cc(-c4nc(-c5ccccc5)nc(-c5ccccc5-c5cccc(-n6c7cc8ccccc8cc7c7ccc8ccccc8c76)c5)n4)ccc3c2)cc1. The summed E-state index contributed by atoms with van der Waals surface area (Å²) in [5, 5.41) is 9.66. The molecule has 4 nitrogen and oxygen atoms in total. The zero-order chi connectivity index (χ0) is 40.3. The van der Waals surface area contributed by atoms with E-state index in [9.17, 15) is 0 Å². The van der Waals surface area contributed by atoms with Crippen LogP contribution < -0.4 is 0 Å². The molecule has 0 amide bonds. The molecule has 4 heteroatoms. The number of rotatable bonds is 6. The van der Waals surface area contributed by atoms with Crippen LogP contribution in [0.3, 0.4) is 0 Å². The summed E-state index contributed by atoms with van der Waals surface area (Å²) in [4.78, 5) is 15.5. The number of benzene rings is 10. The van der Waals surface area contributed by atoms with E-state index in [0.717, 1.165) is 44.3 Å². The second-order valence-electron chi connectivity index (χ2n) is 15.6. The Bertz CT molecular complexity index is 3650. The summed E-state index contributed by atoms with van der Waals surface area (Å²) >= 11 is 0. The first-order valence-corrected chi connectivity index (χ1v) is 20.7. The third kappa shape index (κ3) is 6.04. The lowest BCUT2D eigenvalue weighted by Crippen LogP contribution is -2.01. The molecule has 0 aliphatic carbocycles. The Morgan fingerprint density at radius 1 is 0.279 bits per heavy atom. The minimum absolute atomic E-state index is 0.624. The van der Waals surface area contributed by atoms with Gasteiger partial charge >= 0.3 is 0 Å². The maximum Gasteiger partial charge on any atom is 0.164 e. The van der Waals surface area contributed by atoms with Crippen molar-refractivity contribution >= 4 is 54.1 Å². The number of aromatic nitrogens is 4. The molecule has 0 saturated heterocycles. The highest BCUT2D eigenvalue weighted by Gasteiger charge is 2.19. The molecule has 0 aliphatic rings. The van der Waals surface area contributed by atoms with E-state index in [-0.39, 0.29) is 0 Å². The van der Waals surface area contributed by atoms with Gasteiger partial charge in [-0.1, -0.05) is 182 Å². The van der Waals surface area contributed by atoms with Crippen molar-refractivity contribution in [3.8, 4) is 62.1 Å². The number of fused-ring (bicyclic) bond motifs is 7. The fourth-order valence-electron chi connectivity index (χ4n) is 9.01. The predicted molar refractivity (Wildman–Crippen MR) is 254 cm³/mol. The molecule has 10 aromatic carbocycles. The smallest absolute Gasteiger partial charge is 0.164 e. The maximum atomic E-state index is 5.25. The van der Waals surface area contributed by atoms with E-state index in [0.29, 0.717) is 17.5 Å². The quantitative estimate of drug-likeness (QED) is 0.169. The van der Waals surface area contributed by atoms with Crippen molar-refractivity contribution < 1.29 is 0 Å². The van der Waals surface area contributed by atoms with E-state index in [4.69, 9.17) is 15.0 Å². The van der Waals surface area contributed by atoms with Crippen molar-refractivity contribution in [2.24, 2.45) is 0 Å². The molecule has 0 radical (unpaired) electrons. The normalized spacial score (nSPS) is 11.6. The fourth-order valence-corrected chi connectivity index (χ4v) is 9.01. The molecule has 12 rings (SSSR count). The summed E-state index contributed by atoms with van der Waals surface area (Å²) in [5.74, 6) is 1.89. The highest BCUT2D eigenvalue weighted by atomic mass is 15.0. The van der Waals surface area contributed by atoms with Crippen LogP contribution in [0.2, 0.25) is 0 Å². The zero-order valence-corrected chi connectivity index (χ0v) is 33.1. The van der Waals surface area contributed by atoms with E-state index >= 15 is 0 Å². The monoisotopic (exact) mass is 776 g/mol. The first kappa shape index (κ1) is 34.8. The molecule has 0 spiro atoms.